The number of carboxylic acids is 1. The standard InChI is InChI=1S/C46H88NO9P/c1-3-5-7-9-11-13-15-16-17-18-19-20-21-22-23-24-25-26-27-29-31-33-35-37-39-53-40-43(41-54-57(51,52)55-42-44(47)46(49)50)56-45(48)38-36-34-32-30-28-14-12-10-8-6-4-2/h10,12,18-19,43-44H,3-9,11,13-17,20-42,47H2,1-2H3,(H,49,50)(H,51,52)/b12-10-,19-18-. The molecule has 0 aromatic carbocycles. The van der Waals surface area contributed by atoms with E-state index in [2.05, 4.69) is 38.2 Å². The molecule has 57 heavy (non-hydrogen) atoms. The van der Waals surface area contributed by atoms with Crippen LogP contribution in [-0.4, -0.2) is 60.5 Å². The van der Waals surface area contributed by atoms with Crippen LogP contribution in [0.3, 0.4) is 0 Å². The second-order valence-electron chi connectivity index (χ2n) is 15.9. The van der Waals surface area contributed by atoms with E-state index in [0.29, 0.717) is 13.0 Å². The van der Waals surface area contributed by atoms with Gasteiger partial charge in [-0.3, -0.25) is 18.6 Å². The van der Waals surface area contributed by atoms with Crippen LogP contribution < -0.4 is 5.73 Å². The van der Waals surface area contributed by atoms with E-state index in [1.54, 1.807) is 0 Å². The molecule has 0 amide bonds. The van der Waals surface area contributed by atoms with E-state index in [1.807, 2.05) is 0 Å². The maximum atomic E-state index is 12.6. The Hall–Kier alpha value is -1.55. The van der Waals surface area contributed by atoms with Crippen molar-refractivity contribution in [2.24, 2.45) is 5.73 Å². The van der Waals surface area contributed by atoms with Gasteiger partial charge in [-0.2, -0.15) is 0 Å². The Bertz CT molecular complexity index is 1010. The first-order valence-corrected chi connectivity index (χ1v) is 24.9. The molecule has 0 bridgehead atoms. The Morgan fingerprint density at radius 1 is 0.544 bits per heavy atom. The van der Waals surface area contributed by atoms with Gasteiger partial charge in [-0.25, -0.2) is 4.57 Å². The zero-order valence-electron chi connectivity index (χ0n) is 36.7. The zero-order chi connectivity index (χ0) is 41.9. The number of phosphoric acid groups is 1. The highest BCUT2D eigenvalue weighted by Crippen LogP contribution is 2.43. The van der Waals surface area contributed by atoms with Crippen LogP contribution in [0.5, 0.6) is 0 Å². The Morgan fingerprint density at radius 2 is 0.930 bits per heavy atom. The maximum Gasteiger partial charge on any atom is 0.472 e. The molecule has 0 aliphatic heterocycles. The van der Waals surface area contributed by atoms with Crippen LogP contribution in [0.15, 0.2) is 24.3 Å². The van der Waals surface area contributed by atoms with Crippen molar-refractivity contribution in [2.45, 2.75) is 231 Å². The highest BCUT2D eigenvalue weighted by molar-refractivity contribution is 7.47. The lowest BCUT2D eigenvalue weighted by atomic mass is 10.0. The summed E-state index contributed by atoms with van der Waals surface area (Å²) in [6.45, 7) is 3.85. The van der Waals surface area contributed by atoms with Crippen LogP contribution in [0.4, 0.5) is 0 Å². The Labute approximate surface area is 349 Å². The minimum absolute atomic E-state index is 0.0161. The number of esters is 1. The number of nitrogens with two attached hydrogens (primary N) is 1. The number of unbranched alkanes of at least 4 members (excludes halogenated alkanes) is 27. The van der Waals surface area contributed by atoms with Crippen molar-refractivity contribution >= 4 is 19.8 Å². The summed E-state index contributed by atoms with van der Waals surface area (Å²) in [7, 11) is -4.61. The average molecular weight is 830 g/mol. The lowest BCUT2D eigenvalue weighted by Crippen LogP contribution is -2.34. The van der Waals surface area contributed by atoms with Gasteiger partial charge in [0.25, 0.3) is 0 Å². The Kier molecular flexibility index (Phi) is 41.4. The fourth-order valence-corrected chi connectivity index (χ4v) is 7.30. The number of ether oxygens (including phenoxy) is 2. The van der Waals surface area contributed by atoms with Crippen LogP contribution in [-0.2, 0) is 32.7 Å². The topological polar surface area (TPSA) is 155 Å². The predicted molar refractivity (Wildman–Crippen MR) is 235 cm³/mol. The van der Waals surface area contributed by atoms with E-state index in [0.717, 1.165) is 57.8 Å². The third-order valence-corrected chi connectivity index (χ3v) is 11.2. The van der Waals surface area contributed by atoms with Gasteiger partial charge in [-0.05, 0) is 57.8 Å². The highest BCUT2D eigenvalue weighted by atomic mass is 31.2. The van der Waals surface area contributed by atoms with Gasteiger partial charge in [0, 0.05) is 13.0 Å². The molecule has 0 aromatic rings. The smallest absolute Gasteiger partial charge is 0.472 e. The molecule has 0 saturated carbocycles. The molecule has 0 aliphatic carbocycles. The molecular weight excluding hydrogens is 741 g/mol. The molecular formula is C46H88NO9P. The van der Waals surface area contributed by atoms with E-state index in [-0.39, 0.29) is 13.0 Å². The van der Waals surface area contributed by atoms with Gasteiger partial charge in [0.05, 0.1) is 19.8 Å². The van der Waals surface area contributed by atoms with Crippen LogP contribution in [0, 0.1) is 0 Å². The summed E-state index contributed by atoms with van der Waals surface area (Å²) in [4.78, 5) is 33.5. The van der Waals surface area contributed by atoms with E-state index >= 15 is 0 Å². The number of phosphoric ester groups is 1. The summed E-state index contributed by atoms with van der Waals surface area (Å²) in [6, 6.07) is -1.47. The fourth-order valence-electron chi connectivity index (χ4n) is 6.52. The number of carbonyl (C=O) groups excluding carboxylic acids is 1. The minimum atomic E-state index is -4.61. The molecule has 0 rings (SSSR count). The first-order chi connectivity index (χ1) is 27.7. The van der Waals surface area contributed by atoms with Crippen molar-refractivity contribution in [3.63, 3.8) is 0 Å². The second-order valence-corrected chi connectivity index (χ2v) is 17.3. The summed E-state index contributed by atoms with van der Waals surface area (Å²) in [6.07, 6.45) is 46.8. The van der Waals surface area contributed by atoms with Crippen LogP contribution >= 0.6 is 7.82 Å². The maximum absolute atomic E-state index is 12.6. The molecule has 336 valence electrons. The number of carboxylic acid groups (broad SMARTS) is 1. The molecule has 3 unspecified atom stereocenters. The largest absolute Gasteiger partial charge is 0.480 e. The van der Waals surface area contributed by atoms with Crippen molar-refractivity contribution in [3.8, 4) is 0 Å². The van der Waals surface area contributed by atoms with Crippen molar-refractivity contribution < 1.29 is 42.7 Å². The van der Waals surface area contributed by atoms with Gasteiger partial charge in [-0.1, -0.05) is 179 Å². The Morgan fingerprint density at radius 3 is 1.39 bits per heavy atom. The molecule has 10 nitrogen and oxygen atoms in total. The van der Waals surface area contributed by atoms with Crippen molar-refractivity contribution in [2.75, 3.05) is 26.4 Å². The lowest BCUT2D eigenvalue weighted by Gasteiger charge is -2.20. The quantitative estimate of drug-likeness (QED) is 0.0234. The third-order valence-electron chi connectivity index (χ3n) is 10.2. The molecule has 0 saturated heterocycles. The molecule has 3 atom stereocenters. The minimum Gasteiger partial charge on any atom is -0.480 e. The second kappa shape index (κ2) is 42.6. The molecule has 0 fully saturated rings. The number of rotatable bonds is 45. The number of allylic oxidation sites excluding steroid dienone is 4. The SMILES string of the molecule is CCCC/C=C\CCCCCCCC(=O)OC(COCCCCCCCCCCCCCC/C=C\CCCCCCCCCC)COP(=O)(O)OCC(N)C(=O)O. The van der Waals surface area contributed by atoms with Gasteiger partial charge in [0.1, 0.15) is 12.1 Å². The van der Waals surface area contributed by atoms with Gasteiger partial charge in [0.15, 0.2) is 0 Å². The number of carbonyl (C=O) groups is 2. The molecule has 0 radical (unpaired) electrons. The van der Waals surface area contributed by atoms with Crippen molar-refractivity contribution in [3.05, 3.63) is 24.3 Å². The lowest BCUT2D eigenvalue weighted by molar-refractivity contribution is -0.154. The monoisotopic (exact) mass is 830 g/mol. The van der Waals surface area contributed by atoms with E-state index in [1.165, 1.54) is 135 Å². The number of hydrogen-bond donors (Lipinski definition) is 3. The summed E-state index contributed by atoms with van der Waals surface area (Å²) < 4.78 is 33.3. The van der Waals surface area contributed by atoms with E-state index in [9.17, 15) is 19.0 Å². The van der Waals surface area contributed by atoms with Gasteiger partial charge >= 0.3 is 19.8 Å². The molecule has 4 N–H and O–H groups in total. The van der Waals surface area contributed by atoms with Crippen molar-refractivity contribution in [1.82, 2.24) is 0 Å². The molecule has 0 aliphatic rings. The first kappa shape index (κ1) is 55.5. The van der Waals surface area contributed by atoms with Gasteiger partial charge < -0.3 is 25.2 Å². The fraction of sp³-hybridized carbons (Fsp3) is 0.870. The highest BCUT2D eigenvalue weighted by Gasteiger charge is 2.27. The summed E-state index contributed by atoms with van der Waals surface area (Å²) in [5.41, 5.74) is 5.35. The summed E-state index contributed by atoms with van der Waals surface area (Å²) in [5.74, 6) is -1.78. The summed E-state index contributed by atoms with van der Waals surface area (Å²) in [5, 5.41) is 8.89. The number of hydrogen-bond acceptors (Lipinski definition) is 8. The average Bonchev–Trinajstić information content (AvgIpc) is 3.19. The third kappa shape index (κ3) is 42.4. The predicted octanol–water partition coefficient (Wildman–Crippen LogP) is 13.1. The zero-order valence-corrected chi connectivity index (χ0v) is 37.6. The van der Waals surface area contributed by atoms with E-state index in [4.69, 9.17) is 29.4 Å². The van der Waals surface area contributed by atoms with Crippen LogP contribution in [0.25, 0.3) is 0 Å². The van der Waals surface area contributed by atoms with Crippen LogP contribution in [0.2, 0.25) is 0 Å². The molecule has 11 heteroatoms. The van der Waals surface area contributed by atoms with Gasteiger partial charge in [0.2, 0.25) is 0 Å². The number of aliphatic carboxylic acids is 1. The van der Waals surface area contributed by atoms with Gasteiger partial charge in [-0.15, -0.1) is 0 Å². The van der Waals surface area contributed by atoms with Crippen molar-refractivity contribution in [1.29, 1.82) is 0 Å². The van der Waals surface area contributed by atoms with Crippen LogP contribution in [0.1, 0.15) is 219 Å². The van der Waals surface area contributed by atoms with E-state index < -0.39 is 45.1 Å². The normalized spacial score (nSPS) is 14.0. The first-order valence-electron chi connectivity index (χ1n) is 23.4. The summed E-state index contributed by atoms with van der Waals surface area (Å²) >= 11 is 0. The molecule has 0 heterocycles. The Balaban J connectivity index is 4.06. The molecule has 0 aromatic heterocycles. The molecule has 0 spiro atoms.